The van der Waals surface area contributed by atoms with E-state index in [1.807, 2.05) is 36.1 Å². The second-order valence-corrected chi connectivity index (χ2v) is 6.44. The molecule has 1 atom stereocenters. The third-order valence-electron chi connectivity index (χ3n) is 4.19. The molecule has 2 rings (SSSR count). The molecular weight excluding hydrogens is 361 g/mol. The van der Waals surface area contributed by atoms with E-state index in [0.717, 1.165) is 18.5 Å². The van der Waals surface area contributed by atoms with Crippen LogP contribution in [0.15, 0.2) is 24.3 Å². The van der Waals surface area contributed by atoms with Gasteiger partial charge in [0.05, 0.1) is 6.04 Å². The van der Waals surface area contributed by atoms with Gasteiger partial charge in [0, 0.05) is 44.0 Å². The molecule has 0 bridgehead atoms. The third kappa shape index (κ3) is 6.49. The van der Waals surface area contributed by atoms with Gasteiger partial charge in [-0.25, -0.2) is 0 Å². The lowest BCUT2D eigenvalue weighted by Gasteiger charge is -2.37. The van der Waals surface area contributed by atoms with Gasteiger partial charge >= 0.3 is 0 Å². The van der Waals surface area contributed by atoms with Gasteiger partial charge in [0.25, 0.3) is 0 Å². The van der Waals surface area contributed by atoms with Gasteiger partial charge in [-0.05, 0) is 24.5 Å². The Kier molecular flexibility index (Phi) is 9.86. The SMILES string of the molecule is CCCNC(=O)CCCC(=O)N1CCNCC1c1ccccc1Cl.Cl. The molecule has 1 aliphatic rings. The number of carbonyl (C=O) groups is 2. The Morgan fingerprint density at radius 3 is 2.80 bits per heavy atom. The largest absolute Gasteiger partial charge is 0.356 e. The van der Waals surface area contributed by atoms with Gasteiger partial charge in [0.2, 0.25) is 11.8 Å². The summed E-state index contributed by atoms with van der Waals surface area (Å²) in [6, 6.07) is 7.61. The maximum atomic E-state index is 12.6. The summed E-state index contributed by atoms with van der Waals surface area (Å²) in [7, 11) is 0. The minimum atomic E-state index is -0.0473. The summed E-state index contributed by atoms with van der Waals surface area (Å²) in [5, 5.41) is 6.85. The van der Waals surface area contributed by atoms with E-state index in [4.69, 9.17) is 11.6 Å². The number of rotatable bonds is 7. The summed E-state index contributed by atoms with van der Waals surface area (Å²) >= 11 is 6.30. The predicted molar refractivity (Wildman–Crippen MR) is 103 cm³/mol. The number of benzene rings is 1. The average molecular weight is 388 g/mol. The molecule has 1 aromatic carbocycles. The maximum absolute atomic E-state index is 12.6. The number of carbonyl (C=O) groups excluding carboxylic acids is 2. The van der Waals surface area contributed by atoms with E-state index >= 15 is 0 Å². The molecule has 25 heavy (non-hydrogen) atoms. The first kappa shape index (κ1) is 21.7. The van der Waals surface area contributed by atoms with E-state index in [-0.39, 0.29) is 30.3 Å². The Labute approximate surface area is 160 Å². The van der Waals surface area contributed by atoms with E-state index in [0.29, 0.717) is 43.9 Å². The number of hydrogen-bond donors (Lipinski definition) is 2. The van der Waals surface area contributed by atoms with Gasteiger partial charge in [0.1, 0.15) is 0 Å². The fraction of sp³-hybridized carbons (Fsp3) is 0.556. The van der Waals surface area contributed by atoms with Crippen molar-refractivity contribution < 1.29 is 9.59 Å². The van der Waals surface area contributed by atoms with Crippen molar-refractivity contribution >= 4 is 35.8 Å². The van der Waals surface area contributed by atoms with E-state index in [2.05, 4.69) is 10.6 Å². The summed E-state index contributed by atoms with van der Waals surface area (Å²) in [6.07, 6.45) is 2.29. The molecule has 2 N–H and O–H groups in total. The molecule has 1 aliphatic heterocycles. The van der Waals surface area contributed by atoms with Crippen LogP contribution in [0.5, 0.6) is 0 Å². The molecule has 1 fully saturated rings. The Hall–Kier alpha value is -1.30. The van der Waals surface area contributed by atoms with Crippen LogP contribution in [0.3, 0.4) is 0 Å². The molecule has 0 aromatic heterocycles. The summed E-state index contributed by atoms with van der Waals surface area (Å²) in [5.41, 5.74) is 0.973. The summed E-state index contributed by atoms with van der Waals surface area (Å²) in [5.74, 6) is 0.109. The van der Waals surface area contributed by atoms with Crippen molar-refractivity contribution in [3.8, 4) is 0 Å². The zero-order valence-corrected chi connectivity index (χ0v) is 16.2. The Morgan fingerprint density at radius 2 is 2.08 bits per heavy atom. The fourth-order valence-corrected chi connectivity index (χ4v) is 3.18. The minimum Gasteiger partial charge on any atom is -0.356 e. The topological polar surface area (TPSA) is 61.4 Å². The van der Waals surface area contributed by atoms with Crippen molar-refractivity contribution in [3.05, 3.63) is 34.9 Å². The Bertz CT molecular complexity index is 569. The Morgan fingerprint density at radius 1 is 1.32 bits per heavy atom. The molecule has 1 saturated heterocycles. The fourth-order valence-electron chi connectivity index (χ4n) is 2.92. The van der Waals surface area contributed by atoms with Gasteiger partial charge in [-0.3, -0.25) is 9.59 Å². The molecule has 7 heteroatoms. The molecule has 0 radical (unpaired) electrons. The summed E-state index contributed by atoms with van der Waals surface area (Å²) in [6.45, 7) is 4.86. The predicted octanol–water partition coefficient (Wildman–Crippen LogP) is 2.93. The zero-order chi connectivity index (χ0) is 17.4. The van der Waals surface area contributed by atoms with E-state index in [1.165, 1.54) is 0 Å². The molecule has 0 spiro atoms. The number of nitrogens with one attached hydrogen (secondary N) is 2. The highest BCUT2D eigenvalue weighted by Gasteiger charge is 2.28. The molecule has 5 nitrogen and oxygen atoms in total. The van der Waals surface area contributed by atoms with Crippen LogP contribution in [-0.2, 0) is 9.59 Å². The normalized spacial score (nSPS) is 16.9. The average Bonchev–Trinajstić information content (AvgIpc) is 2.60. The lowest BCUT2D eigenvalue weighted by molar-refractivity contribution is -0.134. The monoisotopic (exact) mass is 387 g/mol. The molecule has 0 aliphatic carbocycles. The molecule has 140 valence electrons. The van der Waals surface area contributed by atoms with Crippen LogP contribution >= 0.6 is 24.0 Å². The van der Waals surface area contributed by atoms with E-state index < -0.39 is 0 Å². The molecule has 2 amide bonds. The van der Waals surface area contributed by atoms with Gasteiger partial charge in [-0.2, -0.15) is 0 Å². The molecule has 1 heterocycles. The van der Waals surface area contributed by atoms with Crippen LogP contribution in [0.1, 0.15) is 44.2 Å². The summed E-state index contributed by atoms with van der Waals surface area (Å²) in [4.78, 5) is 26.1. The molecule has 0 saturated carbocycles. The van der Waals surface area contributed by atoms with Gasteiger partial charge in [0.15, 0.2) is 0 Å². The van der Waals surface area contributed by atoms with Crippen LogP contribution in [0.4, 0.5) is 0 Å². The van der Waals surface area contributed by atoms with Crippen LogP contribution < -0.4 is 10.6 Å². The first-order chi connectivity index (χ1) is 11.6. The first-order valence-electron chi connectivity index (χ1n) is 8.64. The standard InChI is InChI=1S/C18H26ClN3O2.ClH/c1-2-10-21-17(23)8-5-9-18(24)22-12-11-20-13-16(22)14-6-3-4-7-15(14)19;/h3-4,6-7,16,20H,2,5,8-13H2,1H3,(H,21,23);1H. The number of halogens is 2. The minimum absolute atomic E-state index is 0. The zero-order valence-electron chi connectivity index (χ0n) is 14.6. The lowest BCUT2D eigenvalue weighted by Crippen LogP contribution is -2.48. The van der Waals surface area contributed by atoms with Gasteiger partial charge in [-0.15, -0.1) is 12.4 Å². The number of hydrogen-bond acceptors (Lipinski definition) is 3. The third-order valence-corrected chi connectivity index (χ3v) is 4.54. The lowest BCUT2D eigenvalue weighted by atomic mass is 10.0. The Balaban J connectivity index is 0.00000312. The van der Waals surface area contributed by atoms with Gasteiger partial charge in [-0.1, -0.05) is 36.7 Å². The van der Waals surface area contributed by atoms with Crippen molar-refractivity contribution in [1.82, 2.24) is 15.5 Å². The second-order valence-electron chi connectivity index (χ2n) is 6.03. The van der Waals surface area contributed by atoms with Gasteiger partial charge < -0.3 is 15.5 Å². The number of nitrogens with zero attached hydrogens (tertiary/aromatic N) is 1. The number of piperazine rings is 1. The summed E-state index contributed by atoms with van der Waals surface area (Å²) < 4.78 is 0. The van der Waals surface area contributed by atoms with Crippen molar-refractivity contribution in [2.45, 2.75) is 38.6 Å². The number of amides is 2. The van der Waals surface area contributed by atoms with Crippen LogP contribution in [-0.4, -0.2) is 42.9 Å². The second kappa shape index (κ2) is 11.3. The quantitative estimate of drug-likeness (QED) is 0.755. The van der Waals surface area contributed by atoms with E-state index in [9.17, 15) is 9.59 Å². The van der Waals surface area contributed by atoms with E-state index in [1.54, 1.807) is 0 Å². The van der Waals surface area contributed by atoms with Crippen LogP contribution in [0, 0.1) is 0 Å². The van der Waals surface area contributed by atoms with Crippen molar-refractivity contribution in [1.29, 1.82) is 0 Å². The van der Waals surface area contributed by atoms with Crippen molar-refractivity contribution in [2.24, 2.45) is 0 Å². The van der Waals surface area contributed by atoms with Crippen molar-refractivity contribution in [3.63, 3.8) is 0 Å². The highest BCUT2D eigenvalue weighted by Crippen LogP contribution is 2.29. The smallest absolute Gasteiger partial charge is 0.223 e. The highest BCUT2D eigenvalue weighted by molar-refractivity contribution is 6.31. The van der Waals surface area contributed by atoms with Crippen LogP contribution in [0.2, 0.25) is 5.02 Å². The maximum Gasteiger partial charge on any atom is 0.223 e. The highest BCUT2D eigenvalue weighted by atomic mass is 35.5. The molecular formula is C18H27Cl2N3O2. The molecule has 1 aromatic rings. The molecule has 1 unspecified atom stereocenters. The first-order valence-corrected chi connectivity index (χ1v) is 9.02. The van der Waals surface area contributed by atoms with Crippen molar-refractivity contribution in [2.75, 3.05) is 26.2 Å². The van der Waals surface area contributed by atoms with Crippen LogP contribution in [0.25, 0.3) is 0 Å².